The molecule has 0 saturated carbocycles. The van der Waals surface area contributed by atoms with Gasteiger partial charge in [-0.05, 0) is 25.0 Å². The van der Waals surface area contributed by atoms with Gasteiger partial charge in [0.15, 0.2) is 0 Å². The number of hydrogen-bond donors (Lipinski definition) is 1. The van der Waals surface area contributed by atoms with E-state index in [1.165, 1.54) is 0 Å². The predicted octanol–water partition coefficient (Wildman–Crippen LogP) is 1.72. The van der Waals surface area contributed by atoms with E-state index < -0.39 is 0 Å². The zero-order valence-corrected chi connectivity index (χ0v) is 13.8. The van der Waals surface area contributed by atoms with Gasteiger partial charge in [0.05, 0.1) is 13.0 Å². The van der Waals surface area contributed by atoms with Crippen LogP contribution in [0.4, 0.5) is 4.79 Å². The third kappa shape index (κ3) is 5.47. The normalized spacial score (nSPS) is 15.1. The van der Waals surface area contributed by atoms with Crippen LogP contribution in [0.15, 0.2) is 30.3 Å². The van der Waals surface area contributed by atoms with Crippen molar-refractivity contribution in [2.75, 3.05) is 33.8 Å². The van der Waals surface area contributed by atoms with Crippen molar-refractivity contribution in [1.82, 2.24) is 15.1 Å². The SMILES string of the molecule is CN(C)C(=O)N1CCC(NC(=O)CCOc2ccccc2)CC1. The monoisotopic (exact) mass is 319 g/mol. The summed E-state index contributed by atoms with van der Waals surface area (Å²) in [6, 6.07) is 9.64. The molecule has 6 nitrogen and oxygen atoms in total. The van der Waals surface area contributed by atoms with Crippen LogP contribution in [-0.4, -0.2) is 61.6 Å². The van der Waals surface area contributed by atoms with Crippen LogP contribution in [-0.2, 0) is 4.79 Å². The molecular weight excluding hydrogens is 294 g/mol. The van der Waals surface area contributed by atoms with Crippen molar-refractivity contribution < 1.29 is 14.3 Å². The summed E-state index contributed by atoms with van der Waals surface area (Å²) in [5.41, 5.74) is 0. The van der Waals surface area contributed by atoms with E-state index in [2.05, 4.69) is 5.32 Å². The maximum absolute atomic E-state index is 11.9. The van der Waals surface area contributed by atoms with Crippen molar-refractivity contribution >= 4 is 11.9 Å². The van der Waals surface area contributed by atoms with Gasteiger partial charge in [-0.3, -0.25) is 4.79 Å². The smallest absolute Gasteiger partial charge is 0.319 e. The molecule has 0 aromatic heterocycles. The van der Waals surface area contributed by atoms with Crippen molar-refractivity contribution in [1.29, 1.82) is 0 Å². The molecule has 1 aliphatic rings. The van der Waals surface area contributed by atoms with E-state index in [9.17, 15) is 9.59 Å². The third-order valence-corrected chi connectivity index (χ3v) is 3.85. The first-order chi connectivity index (χ1) is 11.1. The number of likely N-dealkylation sites (tertiary alicyclic amines) is 1. The first kappa shape index (κ1) is 17.1. The van der Waals surface area contributed by atoms with Crippen LogP contribution in [0, 0.1) is 0 Å². The molecule has 1 aliphatic heterocycles. The quantitative estimate of drug-likeness (QED) is 0.899. The number of nitrogens with zero attached hydrogens (tertiary/aromatic N) is 2. The highest BCUT2D eigenvalue weighted by Gasteiger charge is 2.24. The van der Waals surface area contributed by atoms with Crippen LogP contribution < -0.4 is 10.1 Å². The van der Waals surface area contributed by atoms with Crippen LogP contribution in [0.2, 0.25) is 0 Å². The van der Waals surface area contributed by atoms with Crippen molar-refractivity contribution in [2.45, 2.75) is 25.3 Å². The van der Waals surface area contributed by atoms with E-state index in [1.54, 1.807) is 19.0 Å². The van der Waals surface area contributed by atoms with Gasteiger partial charge in [-0.1, -0.05) is 18.2 Å². The summed E-state index contributed by atoms with van der Waals surface area (Å²) in [7, 11) is 3.51. The lowest BCUT2D eigenvalue weighted by Crippen LogP contribution is -2.49. The fourth-order valence-electron chi connectivity index (χ4n) is 2.58. The Morgan fingerprint density at radius 3 is 2.48 bits per heavy atom. The second kappa shape index (κ2) is 8.41. The van der Waals surface area contributed by atoms with Crippen LogP contribution in [0.3, 0.4) is 0 Å². The Morgan fingerprint density at radius 2 is 1.87 bits per heavy atom. The van der Waals surface area contributed by atoms with Gasteiger partial charge >= 0.3 is 6.03 Å². The predicted molar refractivity (Wildman–Crippen MR) is 88.4 cm³/mol. The van der Waals surface area contributed by atoms with Gasteiger partial charge in [0, 0.05) is 33.2 Å². The Bertz CT molecular complexity index is 511. The van der Waals surface area contributed by atoms with Gasteiger partial charge in [-0.2, -0.15) is 0 Å². The molecule has 23 heavy (non-hydrogen) atoms. The van der Waals surface area contributed by atoms with Crippen molar-refractivity contribution in [2.24, 2.45) is 0 Å². The molecule has 2 rings (SSSR count). The minimum atomic E-state index is -0.00156. The van der Waals surface area contributed by atoms with Crippen molar-refractivity contribution in [3.63, 3.8) is 0 Å². The third-order valence-electron chi connectivity index (χ3n) is 3.85. The number of para-hydroxylation sites is 1. The van der Waals surface area contributed by atoms with Gasteiger partial charge in [0.25, 0.3) is 0 Å². The number of ether oxygens (including phenoxy) is 1. The molecule has 1 aromatic rings. The lowest BCUT2D eigenvalue weighted by Gasteiger charge is -2.33. The molecule has 0 radical (unpaired) electrons. The standard InChI is InChI=1S/C17H25N3O3/c1-19(2)17(22)20-11-8-14(9-12-20)18-16(21)10-13-23-15-6-4-3-5-7-15/h3-7,14H,8-13H2,1-2H3,(H,18,21). The van der Waals surface area contributed by atoms with Gasteiger partial charge in [-0.15, -0.1) is 0 Å². The van der Waals surface area contributed by atoms with E-state index in [-0.39, 0.29) is 18.0 Å². The Kier molecular flexibility index (Phi) is 6.26. The number of piperidine rings is 1. The average Bonchev–Trinajstić information content (AvgIpc) is 2.56. The summed E-state index contributed by atoms with van der Waals surface area (Å²) >= 11 is 0. The van der Waals surface area contributed by atoms with Gasteiger partial charge in [0.1, 0.15) is 5.75 Å². The lowest BCUT2D eigenvalue weighted by atomic mass is 10.1. The number of urea groups is 1. The second-order valence-electron chi connectivity index (χ2n) is 5.92. The van der Waals surface area contributed by atoms with Crippen LogP contribution >= 0.6 is 0 Å². The highest BCUT2D eigenvalue weighted by molar-refractivity contribution is 5.76. The first-order valence-corrected chi connectivity index (χ1v) is 7.99. The van der Waals surface area contributed by atoms with E-state index in [0.717, 1.165) is 18.6 Å². The Labute approximate surface area is 137 Å². The molecule has 0 aliphatic carbocycles. The Balaban J connectivity index is 1.64. The number of hydrogen-bond acceptors (Lipinski definition) is 3. The summed E-state index contributed by atoms with van der Waals surface area (Å²) in [5.74, 6) is 0.772. The summed E-state index contributed by atoms with van der Waals surface area (Å²) < 4.78 is 5.52. The summed E-state index contributed by atoms with van der Waals surface area (Å²) in [4.78, 5) is 27.2. The molecule has 0 bridgehead atoms. The fraction of sp³-hybridized carbons (Fsp3) is 0.529. The molecule has 3 amide bonds. The minimum Gasteiger partial charge on any atom is -0.493 e. The molecule has 1 saturated heterocycles. The Morgan fingerprint density at radius 1 is 1.22 bits per heavy atom. The molecule has 1 fully saturated rings. The second-order valence-corrected chi connectivity index (χ2v) is 5.92. The number of nitrogens with one attached hydrogen (secondary N) is 1. The molecule has 1 heterocycles. The number of amides is 3. The van der Waals surface area contributed by atoms with Gasteiger partial charge < -0.3 is 19.9 Å². The lowest BCUT2D eigenvalue weighted by molar-refractivity contribution is -0.122. The maximum Gasteiger partial charge on any atom is 0.319 e. The summed E-state index contributed by atoms with van der Waals surface area (Å²) in [5, 5.41) is 3.02. The van der Waals surface area contributed by atoms with E-state index in [4.69, 9.17) is 4.74 Å². The highest BCUT2D eigenvalue weighted by atomic mass is 16.5. The molecule has 1 aromatic carbocycles. The van der Waals surface area contributed by atoms with Crippen LogP contribution in [0.5, 0.6) is 5.75 Å². The van der Waals surface area contributed by atoms with E-state index >= 15 is 0 Å². The molecule has 6 heteroatoms. The number of carbonyl (C=O) groups excluding carboxylic acids is 2. The number of rotatable bonds is 5. The summed E-state index contributed by atoms with van der Waals surface area (Å²) in [6.45, 7) is 1.73. The minimum absolute atomic E-state index is 0.00156. The summed E-state index contributed by atoms with van der Waals surface area (Å²) in [6.07, 6.45) is 1.93. The first-order valence-electron chi connectivity index (χ1n) is 7.99. The van der Waals surface area contributed by atoms with Crippen molar-refractivity contribution in [3.8, 4) is 5.75 Å². The van der Waals surface area contributed by atoms with E-state index in [1.807, 2.05) is 35.2 Å². The molecule has 0 spiro atoms. The molecular formula is C17H25N3O3. The number of benzene rings is 1. The van der Waals surface area contributed by atoms with Gasteiger partial charge in [-0.25, -0.2) is 4.79 Å². The topological polar surface area (TPSA) is 61.9 Å². The largest absolute Gasteiger partial charge is 0.493 e. The van der Waals surface area contributed by atoms with Crippen LogP contribution in [0.25, 0.3) is 0 Å². The zero-order valence-electron chi connectivity index (χ0n) is 13.8. The van der Waals surface area contributed by atoms with Crippen molar-refractivity contribution in [3.05, 3.63) is 30.3 Å². The fourth-order valence-corrected chi connectivity index (χ4v) is 2.58. The highest BCUT2D eigenvalue weighted by Crippen LogP contribution is 2.12. The van der Waals surface area contributed by atoms with Gasteiger partial charge in [0.2, 0.25) is 5.91 Å². The van der Waals surface area contributed by atoms with E-state index in [0.29, 0.717) is 26.1 Å². The maximum atomic E-state index is 11.9. The molecule has 0 unspecified atom stereocenters. The molecule has 0 atom stereocenters. The van der Waals surface area contributed by atoms with Crippen LogP contribution in [0.1, 0.15) is 19.3 Å². The average molecular weight is 319 g/mol. The zero-order chi connectivity index (χ0) is 16.7. The number of carbonyl (C=O) groups is 2. The molecule has 1 N–H and O–H groups in total. The Hall–Kier alpha value is -2.24. The molecule has 126 valence electrons.